The average molecular weight is 882 g/mol. The van der Waals surface area contributed by atoms with Gasteiger partial charge in [0.15, 0.2) is 5.60 Å². The third-order valence-electron chi connectivity index (χ3n) is 11.8. The van der Waals surface area contributed by atoms with Gasteiger partial charge < -0.3 is 52.0 Å². The Labute approximate surface area is 365 Å². The van der Waals surface area contributed by atoms with Crippen molar-refractivity contribution in [1.29, 1.82) is 0 Å². The van der Waals surface area contributed by atoms with Crippen LogP contribution < -0.4 is 43.2 Å². The molecule has 2 aliphatic heterocycles. The minimum Gasteiger partial charge on any atom is -0.458 e. The number of fused-ring (bicyclic) bond motifs is 5. The number of benzene rings is 2. The Bertz CT molecular complexity index is 2650. The molecule has 0 bridgehead atoms. The molecule has 6 amide bonds. The fourth-order valence-electron chi connectivity index (χ4n) is 8.43. The number of aryl methyl sites for hydroxylation is 1. The number of aromatic nitrogens is 2. The van der Waals surface area contributed by atoms with Crippen molar-refractivity contribution in [3.63, 3.8) is 0 Å². The van der Waals surface area contributed by atoms with Crippen LogP contribution in [0.3, 0.4) is 0 Å². The average Bonchev–Trinajstić information content (AvgIpc) is 3.66. The monoisotopic (exact) mass is 881 g/mol. The van der Waals surface area contributed by atoms with E-state index < -0.39 is 90.1 Å². The van der Waals surface area contributed by atoms with E-state index in [0.717, 1.165) is 11.1 Å². The van der Waals surface area contributed by atoms with E-state index in [1.807, 2.05) is 0 Å². The molecular weight excluding hydrogens is 834 g/mol. The van der Waals surface area contributed by atoms with Crippen LogP contribution in [0.25, 0.3) is 22.3 Å². The number of rotatable bonds is 16. The molecule has 9 N–H and O–H groups in total. The summed E-state index contributed by atoms with van der Waals surface area (Å²) in [5.41, 5.74) is 7.32. The number of pyridine rings is 2. The van der Waals surface area contributed by atoms with Gasteiger partial charge in [-0.15, -0.1) is 0 Å². The van der Waals surface area contributed by atoms with Crippen molar-refractivity contribution in [2.45, 2.75) is 76.8 Å². The van der Waals surface area contributed by atoms with Gasteiger partial charge in [0.05, 0.1) is 61.2 Å². The van der Waals surface area contributed by atoms with Crippen LogP contribution in [-0.2, 0) is 69.9 Å². The summed E-state index contributed by atoms with van der Waals surface area (Å²) in [6.45, 7) is 1.26. The zero-order valence-electron chi connectivity index (χ0n) is 35.2. The Morgan fingerprint density at radius 1 is 0.938 bits per heavy atom. The van der Waals surface area contributed by atoms with E-state index >= 15 is 4.39 Å². The van der Waals surface area contributed by atoms with Crippen molar-refractivity contribution in [3.05, 3.63) is 97.6 Å². The van der Waals surface area contributed by atoms with E-state index in [-0.39, 0.29) is 56.6 Å². The topological polar surface area (TPSA) is 282 Å². The number of cyclic esters (lactones) is 1. The van der Waals surface area contributed by atoms with Crippen LogP contribution in [-0.4, -0.2) is 94.8 Å². The van der Waals surface area contributed by atoms with Gasteiger partial charge in [-0.1, -0.05) is 37.3 Å². The van der Waals surface area contributed by atoms with E-state index in [4.69, 9.17) is 15.5 Å². The van der Waals surface area contributed by atoms with Crippen molar-refractivity contribution < 1.29 is 47.8 Å². The molecule has 20 heteroatoms. The van der Waals surface area contributed by atoms with E-state index in [0.29, 0.717) is 51.8 Å². The SMILES string of the molecule is CC[C@@]1(O)C(=O)OCc2c1cc1n(c2=O)Cc2c-1nc1cc(F)c(C)c3c1c2[C@@H](NC(=O)CCNC(=O)CNC(=O)CNC(=O)[C@H](Cc1ccccc1)NC(=O)CNC(=O)CN)CC3. The number of ether oxygens (including phenoxy) is 1. The van der Waals surface area contributed by atoms with Gasteiger partial charge in [0.25, 0.3) is 5.56 Å². The Hall–Kier alpha value is -7.06. The zero-order valence-corrected chi connectivity index (χ0v) is 35.2. The first-order chi connectivity index (χ1) is 30.6. The van der Waals surface area contributed by atoms with Crippen LogP contribution in [0.2, 0.25) is 0 Å². The molecule has 2 aromatic carbocycles. The number of carbonyl (C=O) groups excluding carboxylic acids is 7. The van der Waals surface area contributed by atoms with Crippen LogP contribution in [0.15, 0.2) is 47.3 Å². The Balaban J connectivity index is 0.960. The molecule has 4 heterocycles. The summed E-state index contributed by atoms with van der Waals surface area (Å²) in [5.74, 6) is -4.91. The summed E-state index contributed by atoms with van der Waals surface area (Å²) in [6, 6.07) is 10.0. The number of nitrogens with one attached hydrogen (secondary N) is 6. The molecule has 64 heavy (non-hydrogen) atoms. The van der Waals surface area contributed by atoms with Gasteiger partial charge in [0.1, 0.15) is 18.5 Å². The summed E-state index contributed by atoms with van der Waals surface area (Å²) in [6.07, 6.45) is 0.736. The van der Waals surface area contributed by atoms with Crippen LogP contribution in [0.5, 0.6) is 0 Å². The highest BCUT2D eigenvalue weighted by atomic mass is 19.1. The van der Waals surface area contributed by atoms with Gasteiger partial charge in [-0.25, -0.2) is 14.2 Å². The highest BCUT2D eigenvalue weighted by Crippen LogP contribution is 2.46. The van der Waals surface area contributed by atoms with E-state index in [2.05, 4.69) is 31.9 Å². The molecule has 336 valence electrons. The van der Waals surface area contributed by atoms with Crippen molar-refractivity contribution >= 4 is 52.3 Å². The molecule has 0 radical (unpaired) electrons. The van der Waals surface area contributed by atoms with Crippen LogP contribution in [0, 0.1) is 12.7 Å². The number of carbonyl (C=O) groups is 7. The van der Waals surface area contributed by atoms with E-state index in [9.17, 15) is 43.5 Å². The Morgan fingerprint density at radius 3 is 2.38 bits per heavy atom. The molecular formula is C44H48FN9O10. The standard InChI is InChI=1S/C44H48FN9O10/c1-3-44(63)27-14-32-40-25(20-54(32)42(61)26(27)21-64-43(44)62)39-29(10-9-24-22(2)28(45)15-30(53-40)38(24)39)51-33(55)11-12-47-35(57)17-49-36(58)18-50-41(60)31(13-23-7-5-4-6-8-23)52-37(59)19-48-34(56)16-46/h4-8,14-15,29,31,63H,3,9-13,16-21,46H2,1-2H3,(H,47,57)(H,48,56)(H,49,58)(H,50,60)(H,51,55)(H,52,59)/t29-,31-,44-/m0/s1. The summed E-state index contributed by atoms with van der Waals surface area (Å²) < 4.78 is 22.0. The number of amides is 6. The normalized spacial score (nSPS) is 17.2. The maximum absolute atomic E-state index is 15.3. The van der Waals surface area contributed by atoms with E-state index in [1.165, 1.54) is 10.6 Å². The molecule has 3 atom stereocenters. The molecule has 19 nitrogen and oxygen atoms in total. The second-order valence-electron chi connectivity index (χ2n) is 15.9. The first kappa shape index (κ1) is 45.0. The van der Waals surface area contributed by atoms with E-state index in [1.54, 1.807) is 50.2 Å². The first-order valence-corrected chi connectivity index (χ1v) is 20.9. The fourth-order valence-corrected chi connectivity index (χ4v) is 8.43. The molecule has 3 aliphatic rings. The molecule has 0 saturated carbocycles. The molecule has 0 spiro atoms. The summed E-state index contributed by atoms with van der Waals surface area (Å²) in [4.78, 5) is 107. The third kappa shape index (κ3) is 9.04. The smallest absolute Gasteiger partial charge is 0.343 e. The van der Waals surface area contributed by atoms with Crippen molar-refractivity contribution in [2.75, 3.05) is 32.7 Å². The number of aliphatic hydroxyl groups is 1. The number of hydrogen-bond donors (Lipinski definition) is 8. The molecule has 4 aromatic rings. The van der Waals surface area contributed by atoms with Gasteiger partial charge in [-0.05, 0) is 54.5 Å². The van der Waals surface area contributed by atoms with Crippen LogP contribution in [0.4, 0.5) is 4.39 Å². The number of esters is 1. The second kappa shape index (κ2) is 18.7. The third-order valence-corrected chi connectivity index (χ3v) is 11.8. The summed E-state index contributed by atoms with van der Waals surface area (Å²) in [7, 11) is 0. The minimum atomic E-state index is -2.04. The number of hydrogen-bond acceptors (Lipinski definition) is 12. The van der Waals surface area contributed by atoms with Gasteiger partial charge >= 0.3 is 5.97 Å². The number of nitrogens with zero attached hydrogens (tertiary/aromatic N) is 2. The minimum absolute atomic E-state index is 0.0386. The van der Waals surface area contributed by atoms with Gasteiger partial charge in [0, 0.05) is 42.0 Å². The largest absolute Gasteiger partial charge is 0.458 e. The molecule has 1 aliphatic carbocycles. The van der Waals surface area contributed by atoms with Crippen LogP contribution >= 0.6 is 0 Å². The second-order valence-corrected chi connectivity index (χ2v) is 15.9. The fraction of sp³-hybridized carbons (Fsp3) is 0.386. The van der Waals surface area contributed by atoms with Crippen molar-refractivity contribution in [2.24, 2.45) is 5.73 Å². The van der Waals surface area contributed by atoms with Gasteiger partial charge in [-0.2, -0.15) is 0 Å². The lowest BCUT2D eigenvalue weighted by Crippen LogP contribution is -2.52. The molecule has 2 aromatic heterocycles. The molecule has 0 fully saturated rings. The number of nitrogens with two attached hydrogens (primary N) is 1. The number of halogens is 1. The predicted octanol–water partition coefficient (Wildman–Crippen LogP) is -0.828. The summed E-state index contributed by atoms with van der Waals surface area (Å²) in [5, 5.41) is 27.3. The first-order valence-electron chi connectivity index (χ1n) is 20.9. The summed E-state index contributed by atoms with van der Waals surface area (Å²) >= 11 is 0. The molecule has 7 rings (SSSR count). The van der Waals surface area contributed by atoms with Gasteiger partial charge in [0.2, 0.25) is 35.4 Å². The lowest BCUT2D eigenvalue weighted by Gasteiger charge is -2.31. The van der Waals surface area contributed by atoms with Crippen molar-refractivity contribution in [1.82, 2.24) is 41.5 Å². The van der Waals surface area contributed by atoms with Crippen molar-refractivity contribution in [3.8, 4) is 11.4 Å². The maximum Gasteiger partial charge on any atom is 0.343 e. The highest BCUT2D eigenvalue weighted by Gasteiger charge is 2.46. The predicted molar refractivity (Wildman–Crippen MR) is 226 cm³/mol. The lowest BCUT2D eigenvalue weighted by atomic mass is 9.81. The molecule has 0 saturated heterocycles. The zero-order chi connectivity index (χ0) is 45.9. The Morgan fingerprint density at radius 2 is 1.64 bits per heavy atom. The lowest BCUT2D eigenvalue weighted by molar-refractivity contribution is -0.172. The highest BCUT2D eigenvalue weighted by molar-refractivity contribution is 5.95. The quantitative estimate of drug-likeness (QED) is 0.0565. The maximum atomic E-state index is 15.3. The Kier molecular flexibility index (Phi) is 13.2. The molecule has 0 unspecified atom stereocenters. The van der Waals surface area contributed by atoms with Crippen LogP contribution in [0.1, 0.15) is 71.2 Å². The van der Waals surface area contributed by atoms with Gasteiger partial charge in [-0.3, -0.25) is 33.6 Å².